The second kappa shape index (κ2) is 9.01. The number of nitrogens with one attached hydrogen (secondary N) is 1. The molecule has 1 aliphatic heterocycles. The molecule has 0 aromatic carbocycles. The van der Waals surface area contributed by atoms with Crippen molar-refractivity contribution in [2.45, 2.75) is 70.9 Å². The Morgan fingerprint density at radius 1 is 1.00 bits per heavy atom. The SMILES string of the molecule is CCNC1CCCCCC1CN(CC)CC1CCCO1. The lowest BCUT2D eigenvalue weighted by atomic mass is 9.93. The van der Waals surface area contributed by atoms with Crippen LogP contribution < -0.4 is 5.32 Å². The van der Waals surface area contributed by atoms with Crippen molar-refractivity contribution in [3.05, 3.63) is 0 Å². The zero-order valence-electron chi connectivity index (χ0n) is 13.6. The van der Waals surface area contributed by atoms with Crippen LogP contribution >= 0.6 is 0 Å². The Kier molecular flexibility index (Phi) is 7.32. The van der Waals surface area contributed by atoms with Crippen LogP contribution in [0.2, 0.25) is 0 Å². The quantitative estimate of drug-likeness (QED) is 0.726. The maximum Gasteiger partial charge on any atom is 0.0702 e. The largest absolute Gasteiger partial charge is 0.377 e. The molecule has 0 aromatic heterocycles. The van der Waals surface area contributed by atoms with Gasteiger partial charge in [0.25, 0.3) is 0 Å². The molecule has 0 spiro atoms. The molecule has 0 amide bonds. The lowest BCUT2D eigenvalue weighted by molar-refractivity contribution is 0.0660. The molecule has 3 unspecified atom stereocenters. The molecule has 3 heteroatoms. The van der Waals surface area contributed by atoms with Gasteiger partial charge in [0.05, 0.1) is 6.10 Å². The van der Waals surface area contributed by atoms with Crippen molar-refractivity contribution < 1.29 is 4.74 Å². The molecule has 118 valence electrons. The van der Waals surface area contributed by atoms with Gasteiger partial charge in [-0.15, -0.1) is 0 Å². The maximum atomic E-state index is 5.82. The van der Waals surface area contributed by atoms with E-state index >= 15 is 0 Å². The number of likely N-dealkylation sites (N-methyl/N-ethyl adjacent to an activating group) is 1. The van der Waals surface area contributed by atoms with Crippen LogP contribution in [0.3, 0.4) is 0 Å². The molecule has 1 aliphatic carbocycles. The van der Waals surface area contributed by atoms with Crippen LogP contribution in [0.4, 0.5) is 0 Å². The van der Waals surface area contributed by atoms with Gasteiger partial charge in [-0.1, -0.05) is 33.1 Å². The molecule has 1 N–H and O–H groups in total. The molecule has 1 saturated heterocycles. The van der Waals surface area contributed by atoms with E-state index in [0.717, 1.165) is 38.2 Å². The van der Waals surface area contributed by atoms with Crippen LogP contribution in [0.5, 0.6) is 0 Å². The van der Waals surface area contributed by atoms with E-state index in [1.54, 1.807) is 0 Å². The number of hydrogen-bond donors (Lipinski definition) is 1. The third-order valence-electron chi connectivity index (χ3n) is 5.05. The lowest BCUT2D eigenvalue weighted by Crippen LogP contribution is -2.43. The molecule has 3 atom stereocenters. The van der Waals surface area contributed by atoms with E-state index in [2.05, 4.69) is 24.1 Å². The number of rotatable bonds is 7. The minimum absolute atomic E-state index is 0.498. The van der Waals surface area contributed by atoms with E-state index in [1.807, 2.05) is 0 Å². The smallest absolute Gasteiger partial charge is 0.0702 e. The molecule has 1 saturated carbocycles. The summed E-state index contributed by atoms with van der Waals surface area (Å²) in [6.07, 6.45) is 10.0. The normalized spacial score (nSPS) is 31.6. The molecule has 0 aromatic rings. The number of hydrogen-bond acceptors (Lipinski definition) is 3. The van der Waals surface area contributed by atoms with E-state index in [0.29, 0.717) is 6.10 Å². The highest BCUT2D eigenvalue weighted by Gasteiger charge is 2.26. The van der Waals surface area contributed by atoms with Gasteiger partial charge in [-0.05, 0) is 44.7 Å². The summed E-state index contributed by atoms with van der Waals surface area (Å²) in [6.45, 7) is 10.2. The Labute approximate surface area is 125 Å². The van der Waals surface area contributed by atoms with Crippen molar-refractivity contribution in [2.24, 2.45) is 5.92 Å². The van der Waals surface area contributed by atoms with Crippen LogP contribution in [0.25, 0.3) is 0 Å². The fourth-order valence-electron chi connectivity index (χ4n) is 3.87. The predicted molar refractivity (Wildman–Crippen MR) is 85.1 cm³/mol. The zero-order valence-corrected chi connectivity index (χ0v) is 13.6. The van der Waals surface area contributed by atoms with E-state index in [9.17, 15) is 0 Å². The van der Waals surface area contributed by atoms with Gasteiger partial charge in [-0.2, -0.15) is 0 Å². The van der Waals surface area contributed by atoms with Gasteiger partial charge in [0.15, 0.2) is 0 Å². The second-order valence-corrected chi connectivity index (χ2v) is 6.55. The number of ether oxygens (including phenoxy) is 1. The second-order valence-electron chi connectivity index (χ2n) is 6.55. The maximum absolute atomic E-state index is 5.82. The molecule has 2 aliphatic rings. The van der Waals surface area contributed by atoms with Gasteiger partial charge in [0, 0.05) is 25.7 Å². The molecule has 20 heavy (non-hydrogen) atoms. The Morgan fingerprint density at radius 3 is 2.55 bits per heavy atom. The van der Waals surface area contributed by atoms with Crippen LogP contribution in [-0.2, 0) is 4.74 Å². The van der Waals surface area contributed by atoms with Crippen molar-refractivity contribution in [3.8, 4) is 0 Å². The van der Waals surface area contributed by atoms with Crippen molar-refractivity contribution in [2.75, 3.05) is 32.8 Å². The van der Waals surface area contributed by atoms with Crippen LogP contribution in [0.15, 0.2) is 0 Å². The third kappa shape index (κ3) is 5.01. The first-order valence-electron chi connectivity index (χ1n) is 8.90. The molecule has 1 heterocycles. The first kappa shape index (κ1) is 16.3. The van der Waals surface area contributed by atoms with Gasteiger partial charge in [-0.3, -0.25) is 0 Å². The average Bonchev–Trinajstić information content (AvgIpc) is 2.87. The highest BCUT2D eigenvalue weighted by Crippen LogP contribution is 2.25. The highest BCUT2D eigenvalue weighted by atomic mass is 16.5. The van der Waals surface area contributed by atoms with Crippen molar-refractivity contribution in [3.63, 3.8) is 0 Å². The average molecular weight is 282 g/mol. The fraction of sp³-hybridized carbons (Fsp3) is 1.00. The molecule has 0 bridgehead atoms. The Hall–Kier alpha value is -0.120. The topological polar surface area (TPSA) is 24.5 Å². The molecule has 0 radical (unpaired) electrons. The summed E-state index contributed by atoms with van der Waals surface area (Å²) in [5, 5.41) is 3.74. The third-order valence-corrected chi connectivity index (χ3v) is 5.05. The van der Waals surface area contributed by atoms with Crippen LogP contribution in [-0.4, -0.2) is 49.8 Å². The van der Waals surface area contributed by atoms with Crippen molar-refractivity contribution in [1.29, 1.82) is 0 Å². The van der Waals surface area contributed by atoms with Crippen molar-refractivity contribution >= 4 is 0 Å². The predicted octanol–water partition coefficient (Wildman–Crippen LogP) is 3.05. The summed E-state index contributed by atoms with van der Waals surface area (Å²) < 4.78 is 5.82. The first-order chi connectivity index (χ1) is 9.83. The monoisotopic (exact) mass is 282 g/mol. The summed E-state index contributed by atoms with van der Waals surface area (Å²) in [4.78, 5) is 2.64. The van der Waals surface area contributed by atoms with Crippen LogP contribution in [0.1, 0.15) is 58.8 Å². The van der Waals surface area contributed by atoms with Gasteiger partial charge in [0.2, 0.25) is 0 Å². The van der Waals surface area contributed by atoms with Gasteiger partial charge in [-0.25, -0.2) is 0 Å². The Morgan fingerprint density at radius 2 is 1.85 bits per heavy atom. The molecule has 2 fully saturated rings. The summed E-state index contributed by atoms with van der Waals surface area (Å²) in [7, 11) is 0. The first-order valence-corrected chi connectivity index (χ1v) is 8.90. The van der Waals surface area contributed by atoms with E-state index in [-0.39, 0.29) is 0 Å². The Balaban J connectivity index is 1.85. The fourth-order valence-corrected chi connectivity index (χ4v) is 3.87. The standard InChI is InChI=1S/C17H34N2O/c1-3-18-17-11-7-5-6-9-15(17)13-19(4-2)14-16-10-8-12-20-16/h15-18H,3-14H2,1-2H3. The minimum Gasteiger partial charge on any atom is -0.377 e. The summed E-state index contributed by atoms with van der Waals surface area (Å²) in [5.41, 5.74) is 0. The zero-order chi connectivity index (χ0) is 14.2. The molecule has 3 nitrogen and oxygen atoms in total. The van der Waals surface area contributed by atoms with Gasteiger partial charge < -0.3 is 15.0 Å². The summed E-state index contributed by atoms with van der Waals surface area (Å²) in [5.74, 6) is 0.832. The highest BCUT2D eigenvalue weighted by molar-refractivity contribution is 4.82. The van der Waals surface area contributed by atoms with E-state index in [4.69, 9.17) is 4.74 Å². The molecular weight excluding hydrogens is 248 g/mol. The van der Waals surface area contributed by atoms with E-state index in [1.165, 1.54) is 51.5 Å². The van der Waals surface area contributed by atoms with E-state index < -0.39 is 0 Å². The number of nitrogens with zero attached hydrogens (tertiary/aromatic N) is 1. The minimum atomic E-state index is 0.498. The molecular formula is C17H34N2O. The summed E-state index contributed by atoms with van der Waals surface area (Å²) in [6, 6.07) is 0.737. The summed E-state index contributed by atoms with van der Waals surface area (Å²) >= 11 is 0. The van der Waals surface area contributed by atoms with Gasteiger partial charge in [0.1, 0.15) is 0 Å². The lowest BCUT2D eigenvalue weighted by Gasteiger charge is -2.32. The van der Waals surface area contributed by atoms with Gasteiger partial charge >= 0.3 is 0 Å². The van der Waals surface area contributed by atoms with Crippen LogP contribution in [0, 0.1) is 5.92 Å². The van der Waals surface area contributed by atoms with Crippen molar-refractivity contribution in [1.82, 2.24) is 10.2 Å². The molecule has 2 rings (SSSR count). The Bertz CT molecular complexity index is 253.